The number of likely N-dealkylation sites (N-methyl/N-ethyl adjacent to an activating group) is 1. The first-order valence-corrected chi connectivity index (χ1v) is 6.78. The number of rotatable bonds is 7. The predicted octanol–water partition coefficient (Wildman–Crippen LogP) is 1.89. The second kappa shape index (κ2) is 9.57. The van der Waals surface area contributed by atoms with E-state index < -0.39 is 0 Å². The molecule has 3 heteroatoms. The van der Waals surface area contributed by atoms with Gasteiger partial charge in [0.1, 0.15) is 6.61 Å². The van der Waals surface area contributed by atoms with Crippen LogP contribution in [0.4, 0.5) is 0 Å². The van der Waals surface area contributed by atoms with Crippen LogP contribution >= 0.6 is 0 Å². The van der Waals surface area contributed by atoms with Crippen molar-refractivity contribution in [3.05, 3.63) is 35.4 Å². The zero-order chi connectivity index (χ0) is 13.9. The molecule has 0 atom stereocenters. The summed E-state index contributed by atoms with van der Waals surface area (Å²) in [6.07, 6.45) is 0. The Morgan fingerprint density at radius 3 is 2.53 bits per heavy atom. The van der Waals surface area contributed by atoms with Gasteiger partial charge in [0.25, 0.3) is 0 Å². The summed E-state index contributed by atoms with van der Waals surface area (Å²) in [5.74, 6) is 5.55. The molecular weight excluding hydrogens is 238 g/mol. The van der Waals surface area contributed by atoms with Gasteiger partial charge >= 0.3 is 0 Å². The van der Waals surface area contributed by atoms with Crippen LogP contribution in [0.25, 0.3) is 0 Å². The van der Waals surface area contributed by atoms with Gasteiger partial charge in [-0.15, -0.1) is 0 Å². The van der Waals surface area contributed by atoms with E-state index in [1.165, 1.54) is 5.56 Å². The maximum atomic E-state index is 8.64. The molecule has 0 radical (unpaired) electrons. The average Bonchev–Trinajstić information content (AvgIpc) is 2.45. The Kier molecular flexibility index (Phi) is 7.92. The van der Waals surface area contributed by atoms with Gasteiger partial charge in [-0.2, -0.15) is 0 Å². The summed E-state index contributed by atoms with van der Waals surface area (Å²) in [4.78, 5) is 2.35. The molecule has 0 saturated heterocycles. The van der Waals surface area contributed by atoms with E-state index in [2.05, 4.69) is 35.8 Å². The van der Waals surface area contributed by atoms with E-state index >= 15 is 0 Å². The Labute approximate surface area is 116 Å². The lowest BCUT2D eigenvalue weighted by molar-refractivity contribution is 0.113. The van der Waals surface area contributed by atoms with Crippen LogP contribution in [0.1, 0.15) is 25.0 Å². The predicted molar refractivity (Wildman–Crippen MR) is 77.8 cm³/mol. The minimum absolute atomic E-state index is 0.0945. The largest absolute Gasteiger partial charge is 0.384 e. The molecule has 0 aliphatic carbocycles. The highest BCUT2D eigenvalue weighted by molar-refractivity contribution is 5.36. The summed E-state index contributed by atoms with van der Waals surface area (Å²) < 4.78 is 5.38. The lowest BCUT2D eigenvalue weighted by atomic mass is 10.1. The third-order valence-electron chi connectivity index (χ3n) is 2.88. The minimum Gasteiger partial charge on any atom is -0.384 e. The topological polar surface area (TPSA) is 32.7 Å². The van der Waals surface area contributed by atoms with E-state index in [1.54, 1.807) is 0 Å². The molecule has 0 fully saturated rings. The third-order valence-corrected chi connectivity index (χ3v) is 2.88. The van der Waals surface area contributed by atoms with Gasteiger partial charge in [-0.1, -0.05) is 30.9 Å². The summed E-state index contributed by atoms with van der Waals surface area (Å²) in [5, 5.41) is 8.64. The molecule has 1 aromatic carbocycles. The van der Waals surface area contributed by atoms with E-state index in [0.717, 1.165) is 38.4 Å². The monoisotopic (exact) mass is 261 g/mol. The van der Waals surface area contributed by atoms with Crippen LogP contribution in [0.3, 0.4) is 0 Å². The Morgan fingerprint density at radius 2 is 1.95 bits per heavy atom. The molecule has 0 saturated carbocycles. The maximum Gasteiger partial charge on any atom is 0.104 e. The molecule has 1 rings (SSSR count). The van der Waals surface area contributed by atoms with Crippen molar-refractivity contribution in [1.29, 1.82) is 0 Å². The fourth-order valence-corrected chi connectivity index (χ4v) is 1.78. The van der Waals surface area contributed by atoms with Crippen LogP contribution in [0.2, 0.25) is 0 Å². The smallest absolute Gasteiger partial charge is 0.104 e. The molecule has 0 heterocycles. The molecule has 1 N–H and O–H groups in total. The second-order valence-electron chi connectivity index (χ2n) is 4.22. The number of aliphatic hydroxyl groups excluding tert-OH is 1. The highest BCUT2D eigenvalue weighted by Gasteiger charge is 2.03. The molecular formula is C16H23NO2. The molecule has 104 valence electrons. The molecule has 0 unspecified atom stereocenters. The first kappa shape index (κ1) is 15.7. The van der Waals surface area contributed by atoms with Crippen LogP contribution in [-0.4, -0.2) is 42.9 Å². The number of hydrogen-bond acceptors (Lipinski definition) is 3. The lowest BCUT2D eigenvalue weighted by Crippen LogP contribution is -2.27. The Hall–Kier alpha value is -1.34. The fourth-order valence-electron chi connectivity index (χ4n) is 1.78. The maximum absolute atomic E-state index is 8.64. The van der Waals surface area contributed by atoms with Crippen molar-refractivity contribution < 1.29 is 9.84 Å². The van der Waals surface area contributed by atoms with Crippen molar-refractivity contribution in [2.75, 3.05) is 32.9 Å². The molecule has 0 spiro atoms. The molecule has 3 nitrogen and oxygen atoms in total. The number of benzene rings is 1. The van der Waals surface area contributed by atoms with Crippen molar-refractivity contribution in [3.63, 3.8) is 0 Å². The molecule has 19 heavy (non-hydrogen) atoms. The Morgan fingerprint density at radius 1 is 1.21 bits per heavy atom. The highest BCUT2D eigenvalue weighted by Crippen LogP contribution is 2.07. The quantitative estimate of drug-likeness (QED) is 0.601. The van der Waals surface area contributed by atoms with Crippen molar-refractivity contribution in [2.24, 2.45) is 0 Å². The van der Waals surface area contributed by atoms with Crippen LogP contribution < -0.4 is 0 Å². The van der Waals surface area contributed by atoms with E-state index in [9.17, 15) is 0 Å². The van der Waals surface area contributed by atoms with Gasteiger partial charge in [-0.25, -0.2) is 0 Å². The van der Waals surface area contributed by atoms with Crippen LogP contribution in [0.5, 0.6) is 0 Å². The Bertz CT molecular complexity index is 403. The standard InChI is InChI=1S/C16H23NO2/c1-3-17(11-13-19-4-2)14-16-9-7-15(8-10-16)6-5-12-18/h7-10,18H,3-4,11-14H2,1-2H3. The molecule has 1 aromatic rings. The first-order chi connectivity index (χ1) is 9.30. The van der Waals surface area contributed by atoms with Gasteiger partial charge in [0.2, 0.25) is 0 Å². The van der Waals surface area contributed by atoms with Gasteiger partial charge in [0.15, 0.2) is 0 Å². The Balaban J connectivity index is 2.50. The van der Waals surface area contributed by atoms with Crippen molar-refractivity contribution in [1.82, 2.24) is 4.90 Å². The lowest BCUT2D eigenvalue weighted by Gasteiger charge is -2.20. The number of nitrogens with zero attached hydrogens (tertiary/aromatic N) is 1. The highest BCUT2D eigenvalue weighted by atomic mass is 16.5. The molecule has 0 aliphatic heterocycles. The van der Waals surface area contributed by atoms with Gasteiger partial charge in [-0.05, 0) is 31.2 Å². The fraction of sp³-hybridized carbons (Fsp3) is 0.500. The summed E-state index contributed by atoms with van der Waals surface area (Å²) in [5.41, 5.74) is 2.21. The molecule has 0 amide bonds. The second-order valence-corrected chi connectivity index (χ2v) is 4.22. The third kappa shape index (κ3) is 6.40. The summed E-state index contributed by atoms with van der Waals surface area (Å²) in [6.45, 7) is 8.53. The van der Waals surface area contributed by atoms with E-state index in [0.29, 0.717) is 0 Å². The molecule has 0 bridgehead atoms. The zero-order valence-electron chi connectivity index (χ0n) is 11.9. The minimum atomic E-state index is -0.0945. The van der Waals surface area contributed by atoms with Gasteiger partial charge in [-0.3, -0.25) is 4.90 Å². The van der Waals surface area contributed by atoms with Crippen LogP contribution in [-0.2, 0) is 11.3 Å². The summed E-state index contributed by atoms with van der Waals surface area (Å²) >= 11 is 0. The van der Waals surface area contributed by atoms with Crippen LogP contribution in [0, 0.1) is 11.8 Å². The number of ether oxygens (including phenoxy) is 1. The SMILES string of the molecule is CCOCCN(CC)Cc1ccc(C#CCO)cc1. The molecule has 0 aliphatic rings. The van der Waals surface area contributed by atoms with Crippen LogP contribution in [0.15, 0.2) is 24.3 Å². The summed E-state index contributed by atoms with van der Waals surface area (Å²) in [6, 6.07) is 8.16. The zero-order valence-corrected chi connectivity index (χ0v) is 11.9. The average molecular weight is 261 g/mol. The van der Waals surface area contributed by atoms with E-state index in [1.807, 2.05) is 19.1 Å². The summed E-state index contributed by atoms with van der Waals surface area (Å²) in [7, 11) is 0. The van der Waals surface area contributed by atoms with Crippen molar-refractivity contribution >= 4 is 0 Å². The first-order valence-electron chi connectivity index (χ1n) is 6.78. The van der Waals surface area contributed by atoms with Crippen molar-refractivity contribution in [3.8, 4) is 11.8 Å². The molecule has 0 aromatic heterocycles. The normalized spacial score (nSPS) is 10.3. The number of hydrogen-bond donors (Lipinski definition) is 1. The number of aliphatic hydroxyl groups is 1. The van der Waals surface area contributed by atoms with Gasteiger partial charge in [0.05, 0.1) is 6.61 Å². The van der Waals surface area contributed by atoms with Gasteiger partial charge in [0, 0.05) is 25.3 Å². The van der Waals surface area contributed by atoms with E-state index in [-0.39, 0.29) is 6.61 Å². The van der Waals surface area contributed by atoms with Crippen molar-refractivity contribution in [2.45, 2.75) is 20.4 Å². The van der Waals surface area contributed by atoms with Gasteiger partial charge < -0.3 is 9.84 Å². The van der Waals surface area contributed by atoms with E-state index in [4.69, 9.17) is 9.84 Å².